The first-order valence-corrected chi connectivity index (χ1v) is 2.45. The zero-order chi connectivity index (χ0) is 4.50. The van der Waals surface area contributed by atoms with E-state index in [-0.39, 0.29) is 189 Å². The van der Waals surface area contributed by atoms with Crippen LogP contribution in [0.1, 0.15) is 0 Å². The molecule has 0 amide bonds. The van der Waals surface area contributed by atoms with Gasteiger partial charge in [0.1, 0.15) is 0 Å². The third-order valence-corrected chi connectivity index (χ3v) is 0. The van der Waals surface area contributed by atoms with Crippen molar-refractivity contribution in [1.82, 2.24) is 0 Å². The van der Waals surface area contributed by atoms with Crippen molar-refractivity contribution in [1.29, 1.82) is 0 Å². The van der Waals surface area contributed by atoms with Gasteiger partial charge in [0.2, 0.25) is 0 Å². The first kappa shape index (κ1) is 36.0. The summed E-state index contributed by atoms with van der Waals surface area (Å²) >= 11 is 0. The molecule has 0 rings (SSSR count). The largest absolute Gasteiger partial charge is 2.00 e. The fourth-order valence-corrected chi connectivity index (χ4v) is 0. The van der Waals surface area contributed by atoms with E-state index in [0.717, 1.165) is 0 Å². The van der Waals surface area contributed by atoms with Gasteiger partial charge >= 0.3 is 189 Å². The van der Waals surface area contributed by atoms with Crippen LogP contribution in [-0.2, 0) is 0 Å². The quantitative estimate of drug-likeness (QED) is 0.415. The Kier molecular flexibility index (Phi) is 74.5. The van der Waals surface area contributed by atoms with Crippen LogP contribution in [0.3, 0.4) is 0 Å². The van der Waals surface area contributed by atoms with Crippen molar-refractivity contribution < 1.29 is 19.2 Å². The Bertz CT molecular complexity index is 29.1. The minimum Gasteiger partial charge on any atom is -0.894 e. The molecule has 0 radical (unpaired) electrons. The summed E-state index contributed by atoms with van der Waals surface area (Å²) in [5.41, 5.74) is 0. The van der Waals surface area contributed by atoms with Gasteiger partial charge < -0.3 is 28.2 Å². The van der Waals surface area contributed by atoms with Crippen molar-refractivity contribution in [3.63, 3.8) is 0 Å². The van der Waals surface area contributed by atoms with E-state index in [1.165, 1.54) is 0 Å². The van der Waals surface area contributed by atoms with Gasteiger partial charge in [-0.25, -0.2) is 0 Å². The Morgan fingerprint density at radius 2 is 0.500 bits per heavy atom. The second-order valence-electron chi connectivity index (χ2n) is 0.500. The van der Waals surface area contributed by atoms with Crippen LogP contribution in [0.5, 0.6) is 0 Å². The molecule has 0 saturated carbocycles. The van der Waals surface area contributed by atoms with Gasteiger partial charge in [0.05, 0.1) is 0 Å². The minimum absolute atomic E-state index is 0. The fraction of sp³-hybridized carbons (Fsp3) is 0. The van der Waals surface area contributed by atoms with Crippen molar-refractivity contribution in [3.8, 4) is 0 Å². The van der Waals surface area contributed by atoms with E-state index < -0.39 is 9.05 Å². The normalized spacial score (nSPS) is 6.00. The average molecular weight is 292 g/mol. The maximum atomic E-state index is 8.58. The second-order valence-corrected chi connectivity index (χ2v) is 1.50. The Morgan fingerprint density at radius 1 is 0.500 bits per heavy atom. The van der Waals surface area contributed by atoms with Crippen LogP contribution in [0.15, 0.2) is 0 Å². The molecule has 0 aliphatic carbocycles. The van der Waals surface area contributed by atoms with E-state index in [0.29, 0.717) is 0 Å². The maximum Gasteiger partial charge on any atom is 2.00 e. The van der Waals surface area contributed by atoms with Gasteiger partial charge in [-0.3, -0.25) is 0 Å². The van der Waals surface area contributed by atoms with Gasteiger partial charge in [-0.05, 0) is 0 Å². The third-order valence-electron chi connectivity index (χ3n) is 0. The topological polar surface area (TPSA) is 92.2 Å². The molecule has 0 unspecified atom stereocenters. The van der Waals surface area contributed by atoms with Crippen molar-refractivity contribution in [2.75, 3.05) is 0 Å². The molecule has 0 aromatic heterocycles. The van der Waals surface area contributed by atoms with Gasteiger partial charge in [0.25, 0.3) is 0 Å². The summed E-state index contributed by atoms with van der Waals surface area (Å²) in [5.74, 6) is 0. The van der Waals surface area contributed by atoms with Crippen LogP contribution in [0.2, 0.25) is 0 Å². The molecule has 0 aromatic rings. The molecule has 0 bridgehead atoms. The van der Waals surface area contributed by atoms with Gasteiger partial charge in [0.15, 0.2) is 0 Å². The maximum absolute atomic E-state index is 8.58. The molecule has 0 heterocycles. The molecule has 0 fully saturated rings. The zero-order valence-corrected chi connectivity index (χ0v) is 17.7. The van der Waals surface area contributed by atoms with Crippen LogP contribution < -0.4 is 19.2 Å². The third kappa shape index (κ3) is 63.4. The van der Waals surface area contributed by atoms with Gasteiger partial charge in [-0.2, -0.15) is 0 Å². The molecule has 0 saturated heterocycles. The van der Waals surface area contributed by atoms with Gasteiger partial charge in [0, 0.05) is 0 Å². The summed E-state index contributed by atoms with van der Waals surface area (Å²) in [6.07, 6.45) is 0. The predicted molar refractivity (Wildman–Crippen MR) is 34.5 cm³/mol. The van der Waals surface area contributed by atoms with E-state index in [9.17, 15) is 0 Å². The number of hydrogen-bond acceptors (Lipinski definition) is 4. The Morgan fingerprint density at radius 3 is 0.500 bits per heavy atom. The molecule has 0 spiro atoms. The van der Waals surface area contributed by atoms with E-state index in [4.69, 9.17) is 19.2 Å². The van der Waals surface area contributed by atoms with Crippen molar-refractivity contribution in [2.45, 2.75) is 0 Å². The summed E-state index contributed by atoms with van der Waals surface area (Å²) in [4.78, 5) is 34.3. The van der Waals surface area contributed by atoms with E-state index >= 15 is 0 Å². The van der Waals surface area contributed by atoms with Crippen LogP contribution in [0, 0.1) is 0 Å². The molecule has 32 valence electrons. The minimum atomic E-state index is -5.61. The summed E-state index contributed by atoms with van der Waals surface area (Å²) in [5, 5.41) is 0. The second kappa shape index (κ2) is 20.7. The molecule has 0 aromatic carbocycles. The molecule has 4 nitrogen and oxygen atoms in total. The first-order chi connectivity index (χ1) is 2.00. The summed E-state index contributed by atoms with van der Waals surface area (Å²) in [7, 11) is -5.61. The van der Waals surface area contributed by atoms with Crippen LogP contribution in [-0.4, -0.2) is 198 Å². The average Bonchev–Trinajstić information content (AvgIpc) is 0.722. The SMILES string of the molecule is [Ca+2].[Ca+2].[Ca+2].[Ca+2].[Ca+2].[O-][Si]([O-])([O-])[O-]. The van der Waals surface area contributed by atoms with Gasteiger partial charge in [-0.1, -0.05) is 0 Å². The van der Waals surface area contributed by atoms with E-state index in [2.05, 4.69) is 0 Å². The van der Waals surface area contributed by atoms with Crippen molar-refractivity contribution in [2.24, 2.45) is 0 Å². The molecule has 0 atom stereocenters. The Balaban J connectivity index is -0.00000000800. The molecule has 0 aliphatic rings. The molecule has 0 N–H and O–H groups in total. The van der Waals surface area contributed by atoms with Crippen molar-refractivity contribution >= 4 is 198 Å². The van der Waals surface area contributed by atoms with Crippen molar-refractivity contribution in [3.05, 3.63) is 0 Å². The smallest absolute Gasteiger partial charge is 0.894 e. The Hall–Kier alpha value is 6.36. The van der Waals surface area contributed by atoms with E-state index in [1.807, 2.05) is 0 Å². The van der Waals surface area contributed by atoms with Crippen LogP contribution >= 0.6 is 0 Å². The zero-order valence-electron chi connectivity index (χ0n) is 5.67. The predicted octanol–water partition coefficient (Wildman–Crippen LogP) is -7.04. The summed E-state index contributed by atoms with van der Waals surface area (Å²) in [6.45, 7) is 0. The molecule has 10 heavy (non-hydrogen) atoms. The fourth-order valence-electron chi connectivity index (χ4n) is 0. The molecular formula is Ca5O4Si+6. The summed E-state index contributed by atoms with van der Waals surface area (Å²) in [6, 6.07) is 0. The Labute approximate surface area is 210 Å². The number of hydrogen-bond donors (Lipinski definition) is 0. The number of rotatable bonds is 0. The van der Waals surface area contributed by atoms with Gasteiger partial charge in [-0.15, -0.1) is 0 Å². The molecular weight excluding hydrogens is 292 g/mol. The standard InChI is InChI=1S/5Ca.O4Si/c;;;;;1-5(2,3)4/q5*+2;-4. The van der Waals surface area contributed by atoms with Crippen LogP contribution in [0.4, 0.5) is 0 Å². The van der Waals surface area contributed by atoms with Crippen LogP contribution in [0.25, 0.3) is 0 Å². The monoisotopic (exact) mass is 292 g/mol. The van der Waals surface area contributed by atoms with E-state index in [1.54, 1.807) is 0 Å². The molecule has 10 heteroatoms. The summed E-state index contributed by atoms with van der Waals surface area (Å²) < 4.78 is 0. The first-order valence-electron chi connectivity index (χ1n) is 0.816. The molecule has 0 aliphatic heterocycles.